The van der Waals surface area contributed by atoms with Crippen molar-refractivity contribution in [1.29, 1.82) is 0 Å². The largest absolute Gasteiger partial charge is 2.00 e. The summed E-state index contributed by atoms with van der Waals surface area (Å²) in [7, 11) is 0. The molecule has 0 heterocycles. The van der Waals surface area contributed by atoms with Crippen LogP contribution >= 0.6 is 12.2 Å². The minimum absolute atomic E-state index is 0. The first-order chi connectivity index (χ1) is 2.27. The average Bonchev–Trinajstić information content (AvgIpc) is 1.38. The van der Waals surface area contributed by atoms with Crippen LogP contribution in [0.2, 0.25) is 0 Å². The normalized spacial score (nSPS) is 5.29. The predicted octanol–water partition coefficient (Wildman–Crippen LogP) is -2.11. The fraction of sp³-hybridized carbons (Fsp3) is 0.667. The van der Waals surface area contributed by atoms with Crippen molar-refractivity contribution < 1.29 is 17.0 Å². The Bertz CT molecular complexity index is 48.2. The maximum absolute atomic E-state index is 4.51. The molecule has 0 saturated carbocycles. The molecule has 0 amide bonds. The monoisotopic (exact) mass is 208 g/mol. The van der Waals surface area contributed by atoms with Gasteiger partial charge in [0.1, 0.15) is 0 Å². The van der Waals surface area contributed by atoms with Crippen LogP contribution in [-0.4, -0.2) is 27.2 Å². The average molecular weight is 209 g/mol. The van der Waals surface area contributed by atoms with Crippen LogP contribution in [0.25, 0.3) is 0 Å². The van der Waals surface area contributed by atoms with E-state index < -0.39 is 0 Å². The van der Waals surface area contributed by atoms with Gasteiger partial charge in [0.15, 0.2) is 0 Å². The van der Waals surface area contributed by atoms with Crippen molar-refractivity contribution in [2.45, 2.75) is 13.3 Å². The van der Waals surface area contributed by atoms with E-state index in [2.05, 4.69) is 24.8 Å². The molecule has 0 N–H and O–H groups in total. The van der Waals surface area contributed by atoms with Crippen molar-refractivity contribution in [3.63, 3.8) is 0 Å². The van der Waals surface area contributed by atoms with Gasteiger partial charge in [0.05, 0.1) is 0 Å². The number of rotatable bonds is 1. The van der Waals surface area contributed by atoms with Crippen LogP contribution in [0.3, 0.4) is 0 Å². The molecule has 0 unspecified atom stereocenters. The Balaban J connectivity index is -0.0000000800. The van der Waals surface area contributed by atoms with E-state index >= 15 is 0 Å². The van der Waals surface area contributed by atoms with Crippen LogP contribution in [0.15, 0.2) is 0 Å². The van der Waals surface area contributed by atoms with Gasteiger partial charge in [0.2, 0.25) is 0 Å². The van der Waals surface area contributed by atoms with Gasteiger partial charge in [-0.05, 0) is 6.42 Å². The van der Waals surface area contributed by atoms with E-state index in [4.69, 9.17) is 0 Å². The zero-order valence-electron chi connectivity index (χ0n) is 4.11. The van der Waals surface area contributed by atoms with Crippen molar-refractivity contribution in [2.75, 3.05) is 0 Å². The summed E-state index contributed by atoms with van der Waals surface area (Å²) >= 11 is 9.02. The molecule has 0 aliphatic carbocycles. The topological polar surface area (TPSA) is 0 Å². The van der Waals surface area contributed by atoms with Crippen LogP contribution in [0, 0.1) is 0 Å². The molecule has 7 heavy (non-hydrogen) atoms. The maximum Gasteiger partial charge on any atom is 2.00 e. The van der Waals surface area contributed by atoms with Gasteiger partial charge in [-0.15, -0.1) is 0 Å². The molecule has 0 aliphatic rings. The van der Waals surface area contributed by atoms with Gasteiger partial charge in [-0.3, -0.25) is 0 Å². The molecule has 0 aromatic rings. The standard InChI is InChI=1S/C3H6S2.BrH.Mg/c1-2-3(4)5;;/h2H2,1H3,(H,4,5);1H;/q;;+2/p-2. The third kappa shape index (κ3) is 18.4. The van der Waals surface area contributed by atoms with Gasteiger partial charge in [-0.1, -0.05) is 6.92 Å². The molecular formula is C3H5BrMgS2. The summed E-state index contributed by atoms with van der Waals surface area (Å²) < 4.78 is 0.671. The first kappa shape index (κ1) is 15.8. The fourth-order valence-electron chi connectivity index (χ4n) is 0. The molecule has 0 aromatic heterocycles. The summed E-state index contributed by atoms with van der Waals surface area (Å²) in [5.74, 6) is 0. The van der Waals surface area contributed by atoms with Crippen molar-refractivity contribution in [3.8, 4) is 0 Å². The minimum atomic E-state index is 0. The first-order valence-electron chi connectivity index (χ1n) is 1.47. The Morgan fingerprint density at radius 3 is 1.86 bits per heavy atom. The van der Waals surface area contributed by atoms with Gasteiger partial charge < -0.3 is 41.8 Å². The summed E-state index contributed by atoms with van der Waals surface area (Å²) in [4.78, 5) is 0. The van der Waals surface area contributed by atoms with Crippen LogP contribution in [0.1, 0.15) is 13.3 Å². The molecule has 0 atom stereocenters. The number of hydrogen-bond acceptors (Lipinski definition) is 2. The van der Waals surface area contributed by atoms with Gasteiger partial charge in [0.25, 0.3) is 0 Å². The molecule has 4 heteroatoms. The molecule has 0 nitrogen and oxygen atoms in total. The smallest absolute Gasteiger partial charge is 1.00 e. The molecule has 0 bridgehead atoms. The molecule has 0 aliphatic heterocycles. The van der Waals surface area contributed by atoms with E-state index in [1.165, 1.54) is 0 Å². The van der Waals surface area contributed by atoms with Crippen molar-refractivity contribution in [1.82, 2.24) is 0 Å². The van der Waals surface area contributed by atoms with Crippen molar-refractivity contribution in [3.05, 3.63) is 0 Å². The molecule has 0 saturated heterocycles. The summed E-state index contributed by atoms with van der Waals surface area (Å²) in [5, 5.41) is 0. The first-order valence-corrected chi connectivity index (χ1v) is 2.29. The summed E-state index contributed by atoms with van der Waals surface area (Å²) in [6.45, 7) is 1.95. The van der Waals surface area contributed by atoms with Gasteiger partial charge in [-0.25, -0.2) is 0 Å². The van der Waals surface area contributed by atoms with E-state index in [1.807, 2.05) is 6.92 Å². The second kappa shape index (κ2) is 10.5. The second-order valence-electron chi connectivity index (χ2n) is 0.726. The molecule has 0 rings (SSSR count). The fourth-order valence-corrected chi connectivity index (χ4v) is 0. The Hall–Kier alpha value is 1.56. The third-order valence-corrected chi connectivity index (χ3v) is 0.866. The Morgan fingerprint density at radius 1 is 1.71 bits per heavy atom. The number of hydrogen-bond donors (Lipinski definition) is 0. The van der Waals surface area contributed by atoms with Crippen LogP contribution in [-0.2, 0) is 12.6 Å². The van der Waals surface area contributed by atoms with E-state index in [1.54, 1.807) is 0 Å². The Labute approximate surface area is 81.8 Å². The van der Waals surface area contributed by atoms with E-state index in [0.717, 1.165) is 6.42 Å². The van der Waals surface area contributed by atoms with E-state index in [0.29, 0.717) is 4.20 Å². The SMILES string of the molecule is CCC(=S)[S-].[Br-].[Mg+2]. The summed E-state index contributed by atoms with van der Waals surface area (Å²) in [5.41, 5.74) is 0. The molecule has 0 spiro atoms. The molecule has 0 aromatic carbocycles. The number of thiocarbonyl (C=S) groups is 1. The van der Waals surface area contributed by atoms with E-state index in [-0.39, 0.29) is 40.0 Å². The quantitative estimate of drug-likeness (QED) is 0.276. The Morgan fingerprint density at radius 2 is 1.86 bits per heavy atom. The van der Waals surface area contributed by atoms with Gasteiger partial charge >= 0.3 is 23.1 Å². The maximum atomic E-state index is 4.51. The van der Waals surface area contributed by atoms with Crippen LogP contribution in [0.5, 0.6) is 0 Å². The van der Waals surface area contributed by atoms with Crippen LogP contribution < -0.4 is 17.0 Å². The number of halogens is 1. The van der Waals surface area contributed by atoms with Crippen LogP contribution in [0.4, 0.5) is 0 Å². The molecular weight excluding hydrogens is 204 g/mol. The van der Waals surface area contributed by atoms with E-state index in [9.17, 15) is 0 Å². The zero-order chi connectivity index (χ0) is 4.28. The second-order valence-corrected chi connectivity index (χ2v) is 1.97. The van der Waals surface area contributed by atoms with Crippen molar-refractivity contribution >= 4 is 52.1 Å². The molecule has 0 fully saturated rings. The summed E-state index contributed by atoms with van der Waals surface area (Å²) in [6, 6.07) is 0. The molecule has 38 valence electrons. The summed E-state index contributed by atoms with van der Waals surface area (Å²) in [6.07, 6.45) is 0.852. The third-order valence-electron chi connectivity index (χ3n) is 0.289. The minimum Gasteiger partial charge on any atom is -1.00 e. The molecule has 0 radical (unpaired) electrons. The predicted molar refractivity (Wildman–Crippen MR) is 36.0 cm³/mol. The Kier molecular flexibility index (Phi) is 23.8. The van der Waals surface area contributed by atoms with Gasteiger partial charge in [-0.2, -0.15) is 4.20 Å². The van der Waals surface area contributed by atoms with Crippen molar-refractivity contribution in [2.24, 2.45) is 0 Å². The zero-order valence-corrected chi connectivity index (χ0v) is 8.74. The van der Waals surface area contributed by atoms with Gasteiger partial charge in [0, 0.05) is 0 Å².